The van der Waals surface area contributed by atoms with Gasteiger partial charge in [-0.05, 0) is 38.5 Å². The Kier molecular flexibility index (Phi) is 4.25. The van der Waals surface area contributed by atoms with Crippen LogP contribution in [0.5, 0.6) is 5.75 Å². The highest BCUT2D eigenvalue weighted by Gasteiger charge is 2.44. The summed E-state index contributed by atoms with van der Waals surface area (Å²) in [6, 6.07) is 14.6. The first-order valence-corrected chi connectivity index (χ1v) is 8.12. The average molecular weight is 339 g/mol. The molecule has 0 saturated carbocycles. The number of hydrogen-bond acceptors (Lipinski definition) is 4. The van der Waals surface area contributed by atoms with Crippen LogP contribution in [0.3, 0.4) is 0 Å². The molecule has 2 amide bonds. The van der Waals surface area contributed by atoms with E-state index in [0.29, 0.717) is 11.4 Å². The zero-order valence-corrected chi connectivity index (χ0v) is 14.8. The Hall–Kier alpha value is -2.82. The van der Waals surface area contributed by atoms with E-state index in [9.17, 15) is 9.59 Å². The van der Waals surface area contributed by atoms with Crippen molar-refractivity contribution < 1.29 is 19.1 Å². The smallest absolute Gasteiger partial charge is 0.421 e. The van der Waals surface area contributed by atoms with Crippen molar-refractivity contribution >= 4 is 17.7 Å². The second-order valence-corrected chi connectivity index (χ2v) is 6.89. The molecular weight excluding hydrogens is 318 g/mol. The number of hydrogen-bond donors (Lipinski definition) is 0. The Morgan fingerprint density at radius 3 is 2.24 bits per heavy atom. The normalized spacial score (nSPS) is 16.6. The Morgan fingerprint density at radius 1 is 1.00 bits per heavy atom. The summed E-state index contributed by atoms with van der Waals surface area (Å²) in [5, 5.41) is 0. The van der Waals surface area contributed by atoms with E-state index in [-0.39, 0.29) is 5.91 Å². The van der Waals surface area contributed by atoms with Gasteiger partial charge in [0, 0.05) is 5.56 Å². The molecule has 1 aliphatic rings. The van der Waals surface area contributed by atoms with E-state index in [4.69, 9.17) is 9.47 Å². The topological polar surface area (TPSA) is 55.8 Å². The molecule has 1 aliphatic heterocycles. The molecule has 0 aliphatic carbocycles. The number of rotatable bonds is 2. The van der Waals surface area contributed by atoms with Gasteiger partial charge in [0.15, 0.2) is 0 Å². The highest BCUT2D eigenvalue weighted by Crippen LogP contribution is 2.44. The molecule has 130 valence electrons. The first-order valence-electron chi connectivity index (χ1n) is 8.12. The van der Waals surface area contributed by atoms with Gasteiger partial charge in [-0.1, -0.05) is 36.4 Å². The van der Waals surface area contributed by atoms with Crippen LogP contribution < -0.4 is 9.64 Å². The van der Waals surface area contributed by atoms with Crippen molar-refractivity contribution in [1.29, 1.82) is 0 Å². The lowest BCUT2D eigenvalue weighted by Crippen LogP contribution is -2.39. The number of carbonyl (C=O) groups excluding carboxylic acids is 2. The van der Waals surface area contributed by atoms with Crippen LogP contribution in [0, 0.1) is 0 Å². The lowest BCUT2D eigenvalue weighted by Gasteiger charge is -2.24. The molecule has 2 aromatic carbocycles. The Labute approximate surface area is 147 Å². The number of para-hydroxylation sites is 2. The number of nitrogens with zero attached hydrogens (tertiary/aromatic N) is 1. The Morgan fingerprint density at radius 2 is 1.60 bits per heavy atom. The van der Waals surface area contributed by atoms with Crippen LogP contribution >= 0.6 is 0 Å². The van der Waals surface area contributed by atoms with E-state index >= 15 is 0 Å². The SMILES string of the molecule is COc1ccccc1[C@H]1C(=O)N(C(=O)OC(C)(C)C)c2ccccc21. The number of methoxy groups -OCH3 is 1. The van der Waals surface area contributed by atoms with E-state index < -0.39 is 17.6 Å². The predicted octanol–water partition coefficient (Wildman–Crippen LogP) is 4.11. The predicted molar refractivity (Wildman–Crippen MR) is 95.0 cm³/mol. The number of anilines is 1. The lowest BCUT2D eigenvalue weighted by molar-refractivity contribution is -0.118. The zero-order valence-electron chi connectivity index (χ0n) is 14.8. The van der Waals surface area contributed by atoms with Gasteiger partial charge in [0.05, 0.1) is 18.7 Å². The molecule has 3 rings (SSSR count). The van der Waals surface area contributed by atoms with Gasteiger partial charge >= 0.3 is 6.09 Å². The highest BCUT2D eigenvalue weighted by molar-refractivity contribution is 6.20. The molecule has 25 heavy (non-hydrogen) atoms. The fourth-order valence-electron chi connectivity index (χ4n) is 3.02. The molecule has 0 spiro atoms. The Balaban J connectivity index is 2.08. The van der Waals surface area contributed by atoms with Gasteiger partial charge in [-0.2, -0.15) is 0 Å². The molecule has 2 aromatic rings. The van der Waals surface area contributed by atoms with Gasteiger partial charge in [-0.25, -0.2) is 9.69 Å². The molecule has 0 N–H and O–H groups in total. The second kappa shape index (κ2) is 6.24. The van der Waals surface area contributed by atoms with Gasteiger partial charge in [0.1, 0.15) is 11.4 Å². The quantitative estimate of drug-likeness (QED) is 0.826. The van der Waals surface area contributed by atoms with Gasteiger partial charge in [-0.15, -0.1) is 0 Å². The molecule has 0 saturated heterocycles. The minimum absolute atomic E-state index is 0.333. The minimum atomic E-state index is -0.686. The first-order chi connectivity index (χ1) is 11.8. The first kappa shape index (κ1) is 17.0. The van der Waals surface area contributed by atoms with E-state index in [2.05, 4.69) is 0 Å². The minimum Gasteiger partial charge on any atom is -0.496 e. The van der Waals surface area contributed by atoms with Gasteiger partial charge in [-0.3, -0.25) is 4.79 Å². The van der Waals surface area contributed by atoms with E-state index in [1.165, 1.54) is 0 Å². The summed E-state index contributed by atoms with van der Waals surface area (Å²) >= 11 is 0. The van der Waals surface area contributed by atoms with Crippen molar-refractivity contribution in [1.82, 2.24) is 0 Å². The molecule has 5 heteroatoms. The van der Waals surface area contributed by atoms with Gasteiger partial charge in [0.2, 0.25) is 5.91 Å². The van der Waals surface area contributed by atoms with Crippen LogP contribution in [0.4, 0.5) is 10.5 Å². The number of benzene rings is 2. The molecule has 5 nitrogen and oxygen atoms in total. The molecule has 0 aromatic heterocycles. The molecule has 0 bridgehead atoms. The monoisotopic (exact) mass is 339 g/mol. The second-order valence-electron chi connectivity index (χ2n) is 6.89. The van der Waals surface area contributed by atoms with Crippen LogP contribution in [0.15, 0.2) is 48.5 Å². The standard InChI is InChI=1S/C20H21NO4/c1-20(2,3)25-19(23)21-15-11-7-5-9-13(15)17(18(21)22)14-10-6-8-12-16(14)24-4/h5-12,17H,1-4H3/t17-/m0/s1. The average Bonchev–Trinajstić information content (AvgIpc) is 2.85. The number of amides is 2. The summed E-state index contributed by atoms with van der Waals surface area (Å²) in [5.41, 5.74) is 1.36. The highest BCUT2D eigenvalue weighted by atomic mass is 16.6. The largest absolute Gasteiger partial charge is 0.496 e. The molecular formula is C20H21NO4. The molecule has 1 heterocycles. The fraction of sp³-hybridized carbons (Fsp3) is 0.300. The third kappa shape index (κ3) is 3.09. The van der Waals surface area contributed by atoms with Crippen LogP contribution in [0.25, 0.3) is 0 Å². The third-order valence-corrected chi connectivity index (χ3v) is 3.98. The van der Waals surface area contributed by atoms with Crippen LogP contribution in [-0.2, 0) is 9.53 Å². The number of fused-ring (bicyclic) bond motifs is 1. The summed E-state index contributed by atoms with van der Waals surface area (Å²) in [6.07, 6.45) is -0.664. The van der Waals surface area contributed by atoms with Crippen LogP contribution in [0.1, 0.15) is 37.8 Å². The molecule has 1 atom stereocenters. The summed E-state index contributed by atoms with van der Waals surface area (Å²) in [7, 11) is 1.57. The van der Waals surface area contributed by atoms with Gasteiger partial charge in [0.25, 0.3) is 0 Å². The van der Waals surface area contributed by atoms with Crippen molar-refractivity contribution in [2.75, 3.05) is 12.0 Å². The summed E-state index contributed by atoms with van der Waals surface area (Å²) in [4.78, 5) is 26.9. The van der Waals surface area contributed by atoms with E-state index in [0.717, 1.165) is 16.0 Å². The van der Waals surface area contributed by atoms with Crippen LogP contribution in [0.2, 0.25) is 0 Å². The fourth-order valence-corrected chi connectivity index (χ4v) is 3.02. The molecule has 0 unspecified atom stereocenters. The molecule has 0 radical (unpaired) electrons. The maximum absolute atomic E-state index is 13.1. The number of ether oxygens (including phenoxy) is 2. The molecule has 0 fully saturated rings. The summed E-state index contributed by atoms with van der Waals surface area (Å²) < 4.78 is 10.8. The lowest BCUT2D eigenvalue weighted by atomic mass is 9.92. The van der Waals surface area contributed by atoms with Crippen molar-refractivity contribution in [2.24, 2.45) is 0 Å². The van der Waals surface area contributed by atoms with Gasteiger partial charge < -0.3 is 9.47 Å². The van der Waals surface area contributed by atoms with Crippen molar-refractivity contribution in [2.45, 2.75) is 32.3 Å². The van der Waals surface area contributed by atoms with Crippen molar-refractivity contribution in [3.05, 3.63) is 59.7 Å². The van der Waals surface area contributed by atoms with Crippen molar-refractivity contribution in [3.8, 4) is 5.75 Å². The maximum atomic E-state index is 13.1. The summed E-state index contributed by atoms with van der Waals surface area (Å²) in [5.74, 6) is -0.318. The number of imide groups is 1. The third-order valence-electron chi connectivity index (χ3n) is 3.98. The van der Waals surface area contributed by atoms with Crippen molar-refractivity contribution in [3.63, 3.8) is 0 Å². The number of carbonyl (C=O) groups is 2. The zero-order chi connectivity index (χ0) is 18.2. The summed E-state index contributed by atoms with van der Waals surface area (Å²) in [6.45, 7) is 5.32. The van der Waals surface area contributed by atoms with E-state index in [1.54, 1.807) is 46.1 Å². The van der Waals surface area contributed by atoms with Crippen LogP contribution in [-0.4, -0.2) is 24.7 Å². The maximum Gasteiger partial charge on any atom is 0.421 e. The van der Waals surface area contributed by atoms with E-state index in [1.807, 2.05) is 30.3 Å². The Bertz CT molecular complexity index is 822.